The molecule has 1 heterocycles. The Hall–Kier alpha value is -1.37. The number of nitrogens with one attached hydrogen (secondary N) is 1. The van der Waals surface area contributed by atoms with E-state index in [-0.39, 0.29) is 10.9 Å². The molecule has 0 fully saturated rings. The number of anilines is 1. The standard InChI is InChI=1S/C15H20N2O2S2/c1-10(2)15(13-7-5-9-20-13)17-12-6-4-8-14(11(12)3)21(16,18)19/h4-10,15,17H,1-3H3,(H2,16,18,19). The molecule has 114 valence electrons. The van der Waals surface area contributed by atoms with Crippen molar-refractivity contribution in [3.8, 4) is 0 Å². The second-order valence-corrected chi connectivity index (χ2v) is 7.86. The molecule has 6 heteroatoms. The number of primary sulfonamides is 1. The average Bonchev–Trinajstić information content (AvgIpc) is 2.89. The predicted octanol–water partition coefficient (Wildman–Crippen LogP) is 3.51. The zero-order valence-electron chi connectivity index (χ0n) is 12.3. The van der Waals surface area contributed by atoms with E-state index in [0.717, 1.165) is 5.69 Å². The summed E-state index contributed by atoms with van der Waals surface area (Å²) in [7, 11) is -3.70. The number of nitrogens with two attached hydrogens (primary N) is 1. The summed E-state index contributed by atoms with van der Waals surface area (Å²) in [6.45, 7) is 6.04. The van der Waals surface area contributed by atoms with Crippen LogP contribution in [0.25, 0.3) is 0 Å². The van der Waals surface area contributed by atoms with Crippen LogP contribution in [0.3, 0.4) is 0 Å². The molecule has 0 aliphatic rings. The Labute approximate surface area is 130 Å². The molecule has 0 bridgehead atoms. The first kappa shape index (κ1) is 16.0. The number of hydrogen-bond donors (Lipinski definition) is 2. The third kappa shape index (κ3) is 3.64. The van der Waals surface area contributed by atoms with Gasteiger partial charge in [0.05, 0.1) is 10.9 Å². The molecule has 2 rings (SSSR count). The first-order chi connectivity index (χ1) is 9.80. The van der Waals surface area contributed by atoms with Gasteiger partial charge in [-0.25, -0.2) is 13.6 Å². The Morgan fingerprint density at radius 3 is 2.43 bits per heavy atom. The highest BCUT2D eigenvalue weighted by molar-refractivity contribution is 7.89. The van der Waals surface area contributed by atoms with Crippen LogP contribution in [0, 0.1) is 12.8 Å². The first-order valence-corrected chi connectivity index (χ1v) is 9.15. The zero-order chi connectivity index (χ0) is 15.6. The van der Waals surface area contributed by atoms with Crippen LogP contribution >= 0.6 is 11.3 Å². The van der Waals surface area contributed by atoms with Crippen molar-refractivity contribution in [1.82, 2.24) is 0 Å². The SMILES string of the molecule is Cc1c(NC(c2cccs2)C(C)C)cccc1S(N)(=O)=O. The summed E-state index contributed by atoms with van der Waals surface area (Å²) in [5.41, 5.74) is 1.45. The summed E-state index contributed by atoms with van der Waals surface area (Å²) in [6.07, 6.45) is 0. The molecule has 0 saturated carbocycles. The maximum Gasteiger partial charge on any atom is 0.238 e. The summed E-state index contributed by atoms with van der Waals surface area (Å²) in [5.74, 6) is 0.376. The van der Waals surface area contributed by atoms with Crippen LogP contribution in [0.1, 0.15) is 30.3 Å². The third-order valence-corrected chi connectivity index (χ3v) is 5.43. The largest absolute Gasteiger partial charge is 0.377 e. The second kappa shape index (κ2) is 6.17. The number of hydrogen-bond acceptors (Lipinski definition) is 4. The van der Waals surface area contributed by atoms with Crippen molar-refractivity contribution in [3.05, 3.63) is 46.2 Å². The molecule has 3 N–H and O–H groups in total. The lowest BCUT2D eigenvalue weighted by Gasteiger charge is -2.24. The van der Waals surface area contributed by atoms with E-state index in [2.05, 4.69) is 25.2 Å². The minimum absolute atomic E-state index is 0.138. The number of benzene rings is 1. The number of thiophene rings is 1. The van der Waals surface area contributed by atoms with E-state index < -0.39 is 10.0 Å². The Bertz CT molecular complexity index is 707. The molecule has 1 unspecified atom stereocenters. The van der Waals surface area contributed by atoms with Crippen LogP contribution in [0.15, 0.2) is 40.6 Å². The molecule has 0 saturated heterocycles. The van der Waals surface area contributed by atoms with E-state index >= 15 is 0 Å². The number of rotatable bonds is 5. The van der Waals surface area contributed by atoms with Crippen molar-refractivity contribution < 1.29 is 8.42 Å². The molecule has 4 nitrogen and oxygen atoms in total. The molecule has 1 aromatic carbocycles. The fraction of sp³-hybridized carbons (Fsp3) is 0.333. The highest BCUT2D eigenvalue weighted by Gasteiger charge is 2.19. The van der Waals surface area contributed by atoms with Gasteiger partial charge in [0.2, 0.25) is 10.0 Å². The van der Waals surface area contributed by atoms with E-state index in [9.17, 15) is 8.42 Å². The van der Waals surface area contributed by atoms with Crippen molar-refractivity contribution in [2.24, 2.45) is 11.1 Å². The molecule has 21 heavy (non-hydrogen) atoms. The van der Waals surface area contributed by atoms with Gasteiger partial charge in [0, 0.05) is 10.6 Å². The predicted molar refractivity (Wildman–Crippen MR) is 88.1 cm³/mol. The van der Waals surface area contributed by atoms with Crippen LogP contribution < -0.4 is 10.5 Å². The van der Waals surface area contributed by atoms with E-state index in [4.69, 9.17) is 5.14 Å². The lowest BCUT2D eigenvalue weighted by molar-refractivity contribution is 0.553. The fourth-order valence-corrected chi connectivity index (χ4v) is 4.04. The van der Waals surface area contributed by atoms with Gasteiger partial charge in [0.25, 0.3) is 0 Å². The lowest BCUT2D eigenvalue weighted by atomic mass is 10.0. The summed E-state index contributed by atoms with van der Waals surface area (Å²) >= 11 is 1.69. The molecule has 0 aliphatic carbocycles. The van der Waals surface area contributed by atoms with Crippen LogP contribution in [0.2, 0.25) is 0 Å². The molecule has 0 spiro atoms. The minimum atomic E-state index is -3.70. The van der Waals surface area contributed by atoms with Crippen LogP contribution in [-0.2, 0) is 10.0 Å². The van der Waals surface area contributed by atoms with E-state index in [0.29, 0.717) is 11.5 Å². The Morgan fingerprint density at radius 1 is 1.19 bits per heavy atom. The van der Waals surface area contributed by atoms with Gasteiger partial charge in [-0.15, -0.1) is 11.3 Å². The average molecular weight is 324 g/mol. The van der Waals surface area contributed by atoms with Gasteiger partial charge in [-0.3, -0.25) is 0 Å². The number of sulfonamides is 1. The molecule has 1 atom stereocenters. The quantitative estimate of drug-likeness (QED) is 0.884. The molecule has 2 aromatic rings. The molecular weight excluding hydrogens is 304 g/mol. The Morgan fingerprint density at radius 2 is 1.90 bits per heavy atom. The van der Waals surface area contributed by atoms with E-state index in [1.165, 1.54) is 10.9 Å². The summed E-state index contributed by atoms with van der Waals surface area (Å²) in [6, 6.07) is 9.37. The topological polar surface area (TPSA) is 72.2 Å². The van der Waals surface area contributed by atoms with Crippen LogP contribution in [0.5, 0.6) is 0 Å². The van der Waals surface area contributed by atoms with Gasteiger partial charge < -0.3 is 5.32 Å². The maximum absolute atomic E-state index is 11.6. The van der Waals surface area contributed by atoms with Crippen molar-refractivity contribution in [1.29, 1.82) is 0 Å². The van der Waals surface area contributed by atoms with Crippen molar-refractivity contribution in [2.45, 2.75) is 31.7 Å². The minimum Gasteiger partial charge on any atom is -0.377 e. The van der Waals surface area contributed by atoms with E-state index in [1.807, 2.05) is 17.5 Å². The van der Waals surface area contributed by atoms with Crippen molar-refractivity contribution >= 4 is 27.0 Å². The van der Waals surface area contributed by atoms with Gasteiger partial charge in [0.15, 0.2) is 0 Å². The first-order valence-electron chi connectivity index (χ1n) is 6.73. The highest BCUT2D eigenvalue weighted by atomic mass is 32.2. The highest BCUT2D eigenvalue weighted by Crippen LogP contribution is 2.32. The van der Waals surface area contributed by atoms with Gasteiger partial charge in [-0.05, 0) is 42.0 Å². The summed E-state index contributed by atoms with van der Waals surface area (Å²) < 4.78 is 23.2. The molecule has 0 radical (unpaired) electrons. The third-order valence-electron chi connectivity index (χ3n) is 3.42. The smallest absolute Gasteiger partial charge is 0.238 e. The normalized spacial score (nSPS) is 13.4. The van der Waals surface area contributed by atoms with Gasteiger partial charge in [-0.1, -0.05) is 26.0 Å². The molecule has 0 amide bonds. The van der Waals surface area contributed by atoms with Crippen LogP contribution in [0.4, 0.5) is 5.69 Å². The van der Waals surface area contributed by atoms with Crippen molar-refractivity contribution in [2.75, 3.05) is 5.32 Å². The zero-order valence-corrected chi connectivity index (χ0v) is 14.0. The van der Waals surface area contributed by atoms with Crippen molar-refractivity contribution in [3.63, 3.8) is 0 Å². The molecule has 0 aliphatic heterocycles. The lowest BCUT2D eigenvalue weighted by Crippen LogP contribution is -2.18. The van der Waals surface area contributed by atoms with E-state index in [1.54, 1.807) is 24.3 Å². The maximum atomic E-state index is 11.6. The Balaban J connectivity index is 2.39. The van der Waals surface area contributed by atoms with Gasteiger partial charge in [0.1, 0.15) is 0 Å². The molecular formula is C15H20N2O2S2. The second-order valence-electron chi connectivity index (χ2n) is 5.36. The van der Waals surface area contributed by atoms with Gasteiger partial charge >= 0.3 is 0 Å². The van der Waals surface area contributed by atoms with Gasteiger partial charge in [-0.2, -0.15) is 0 Å². The monoisotopic (exact) mass is 324 g/mol. The fourth-order valence-electron chi connectivity index (χ4n) is 2.28. The summed E-state index contributed by atoms with van der Waals surface area (Å²) in [4.78, 5) is 1.39. The summed E-state index contributed by atoms with van der Waals surface area (Å²) in [5, 5.41) is 10.8. The Kier molecular flexibility index (Phi) is 4.70. The van der Waals surface area contributed by atoms with Crippen LogP contribution in [-0.4, -0.2) is 8.42 Å². The molecule has 1 aromatic heterocycles.